The predicted octanol–water partition coefficient (Wildman–Crippen LogP) is 5.11. The van der Waals surface area contributed by atoms with Crippen molar-refractivity contribution in [3.8, 4) is 5.75 Å². The average molecular weight is 438 g/mol. The van der Waals surface area contributed by atoms with Crippen molar-refractivity contribution in [1.82, 2.24) is 9.91 Å². The lowest BCUT2D eigenvalue weighted by molar-refractivity contribution is -0.160. The Hall–Kier alpha value is -3.34. The Morgan fingerprint density at radius 2 is 1.70 bits per heavy atom. The minimum Gasteiger partial charge on any atom is -0.466 e. The monoisotopic (exact) mass is 437 g/mol. The zero-order valence-electron chi connectivity index (χ0n) is 18.6. The normalized spacial score (nSPS) is 23.2. The number of likely N-dealkylation sites (tertiary alicyclic amines) is 1. The van der Waals surface area contributed by atoms with Gasteiger partial charge in [-0.1, -0.05) is 54.6 Å². The minimum atomic E-state index is -0.488. The van der Waals surface area contributed by atoms with Gasteiger partial charge in [0, 0.05) is 43.8 Å². The van der Waals surface area contributed by atoms with E-state index >= 15 is 0 Å². The van der Waals surface area contributed by atoms with Gasteiger partial charge in [0.15, 0.2) is 0 Å². The number of benzene rings is 3. The molecule has 166 valence electrons. The number of piperidine rings is 1. The van der Waals surface area contributed by atoms with Gasteiger partial charge < -0.3 is 9.64 Å². The van der Waals surface area contributed by atoms with Crippen LogP contribution in [-0.4, -0.2) is 40.3 Å². The smallest absolute Gasteiger partial charge is 0.225 e. The van der Waals surface area contributed by atoms with Crippen LogP contribution in [0.4, 0.5) is 0 Å². The van der Waals surface area contributed by atoms with Gasteiger partial charge in [0.1, 0.15) is 5.75 Å². The highest BCUT2D eigenvalue weighted by atomic mass is 16.5. The molecule has 0 unspecified atom stereocenters. The fourth-order valence-corrected chi connectivity index (χ4v) is 5.77. The molecule has 5 heteroatoms. The van der Waals surface area contributed by atoms with E-state index in [-0.39, 0.29) is 12.0 Å². The molecule has 2 fully saturated rings. The van der Waals surface area contributed by atoms with E-state index in [0.29, 0.717) is 5.91 Å². The van der Waals surface area contributed by atoms with Crippen LogP contribution in [0.5, 0.6) is 5.75 Å². The molecular weight excluding hydrogens is 410 g/mol. The van der Waals surface area contributed by atoms with Gasteiger partial charge in [0.05, 0.1) is 11.8 Å². The first-order valence-electron chi connectivity index (χ1n) is 12.1. The zero-order valence-corrected chi connectivity index (χ0v) is 18.6. The van der Waals surface area contributed by atoms with Gasteiger partial charge in [-0.25, -0.2) is 5.01 Å². The maximum absolute atomic E-state index is 12.6. The summed E-state index contributed by atoms with van der Waals surface area (Å²) in [6, 6.07) is 23.7. The van der Waals surface area contributed by atoms with E-state index in [0.717, 1.165) is 56.7 Å². The van der Waals surface area contributed by atoms with Crippen LogP contribution in [0.2, 0.25) is 0 Å². The van der Waals surface area contributed by atoms with Crippen LogP contribution in [0.3, 0.4) is 0 Å². The highest BCUT2D eigenvalue weighted by Gasteiger charge is 2.52. The molecule has 1 spiro atoms. The van der Waals surface area contributed by atoms with Gasteiger partial charge in [-0.15, -0.1) is 0 Å². The van der Waals surface area contributed by atoms with E-state index in [4.69, 9.17) is 9.84 Å². The predicted molar refractivity (Wildman–Crippen MR) is 128 cm³/mol. The number of para-hydroxylation sites is 1. The molecule has 3 heterocycles. The van der Waals surface area contributed by atoms with Crippen LogP contribution in [0.15, 0.2) is 71.8 Å². The molecule has 3 aliphatic heterocycles. The Morgan fingerprint density at radius 3 is 2.52 bits per heavy atom. The highest BCUT2D eigenvalue weighted by molar-refractivity contribution is 6.04. The first-order valence-corrected chi connectivity index (χ1v) is 12.1. The largest absolute Gasteiger partial charge is 0.466 e. The quantitative estimate of drug-likeness (QED) is 0.560. The second-order valence-electron chi connectivity index (χ2n) is 9.86. The molecule has 1 atom stereocenters. The van der Waals surface area contributed by atoms with Gasteiger partial charge in [0.25, 0.3) is 0 Å². The summed E-state index contributed by atoms with van der Waals surface area (Å²) in [5, 5.41) is 9.92. The number of amides is 1. The summed E-state index contributed by atoms with van der Waals surface area (Å²) < 4.78 is 6.71. The molecule has 0 aromatic heterocycles. The van der Waals surface area contributed by atoms with Crippen molar-refractivity contribution < 1.29 is 9.53 Å². The van der Waals surface area contributed by atoms with Gasteiger partial charge in [0.2, 0.25) is 11.6 Å². The molecule has 4 aliphatic rings. The molecule has 5 nitrogen and oxygen atoms in total. The number of carbonyl (C=O) groups excluding carboxylic acids is 1. The lowest BCUT2D eigenvalue weighted by Crippen LogP contribution is -2.59. The van der Waals surface area contributed by atoms with Crippen LogP contribution < -0.4 is 4.74 Å². The van der Waals surface area contributed by atoms with Gasteiger partial charge in [-0.05, 0) is 41.3 Å². The topological polar surface area (TPSA) is 45.1 Å². The second kappa shape index (κ2) is 7.08. The summed E-state index contributed by atoms with van der Waals surface area (Å²) in [4.78, 5) is 14.7. The Balaban J connectivity index is 1.25. The van der Waals surface area contributed by atoms with Crippen LogP contribution in [0.1, 0.15) is 49.3 Å². The van der Waals surface area contributed by atoms with Gasteiger partial charge >= 0.3 is 0 Å². The van der Waals surface area contributed by atoms with E-state index in [1.54, 1.807) is 0 Å². The van der Waals surface area contributed by atoms with Crippen molar-refractivity contribution >= 4 is 22.4 Å². The molecule has 1 amide bonds. The lowest BCUT2D eigenvalue weighted by Gasteiger charge is -2.51. The molecule has 3 aromatic rings. The number of hydrogen-bond donors (Lipinski definition) is 0. The summed E-state index contributed by atoms with van der Waals surface area (Å²) in [6.45, 7) is 1.48. The van der Waals surface area contributed by atoms with Crippen LogP contribution >= 0.6 is 0 Å². The molecule has 0 bridgehead atoms. The zero-order chi connectivity index (χ0) is 22.0. The standard InChI is InChI=1S/C28H27N3O2/c32-27(20-10-11-20)30-15-13-28(14-16-30)31-25(23-7-3-4-8-26(23)33-28)18-24(29-31)22-12-9-19-5-1-2-6-21(19)17-22/h1-9,12,17,20,25H,10-11,13-16,18H2/t25-/m1/s1. The number of hydrogen-bond acceptors (Lipinski definition) is 4. The van der Waals surface area contributed by atoms with E-state index in [1.807, 2.05) is 11.0 Å². The molecule has 0 radical (unpaired) electrons. The van der Waals surface area contributed by atoms with Crippen molar-refractivity contribution in [1.29, 1.82) is 0 Å². The van der Waals surface area contributed by atoms with E-state index in [2.05, 4.69) is 65.7 Å². The summed E-state index contributed by atoms with van der Waals surface area (Å²) in [6.07, 6.45) is 4.54. The number of ether oxygens (including phenoxy) is 1. The second-order valence-corrected chi connectivity index (χ2v) is 9.86. The van der Waals surface area contributed by atoms with E-state index < -0.39 is 5.72 Å². The fourth-order valence-electron chi connectivity index (χ4n) is 5.77. The number of hydrazone groups is 1. The lowest BCUT2D eigenvalue weighted by atomic mass is 9.90. The Kier molecular flexibility index (Phi) is 4.11. The number of carbonyl (C=O) groups is 1. The SMILES string of the molecule is O=C(C1CC1)N1CCC2(CC1)Oc1ccccc1[C@H]1CC(c3ccc4ccccc4c3)=NN12. The molecule has 1 saturated heterocycles. The van der Waals surface area contributed by atoms with Crippen LogP contribution in [0, 0.1) is 5.92 Å². The summed E-state index contributed by atoms with van der Waals surface area (Å²) in [7, 11) is 0. The van der Waals surface area contributed by atoms with Gasteiger partial charge in [-0.2, -0.15) is 5.10 Å². The van der Waals surface area contributed by atoms with Crippen molar-refractivity contribution in [2.24, 2.45) is 11.0 Å². The third kappa shape index (κ3) is 3.05. The molecule has 7 rings (SSSR count). The highest BCUT2D eigenvalue weighted by Crippen LogP contribution is 2.50. The van der Waals surface area contributed by atoms with Gasteiger partial charge in [-0.3, -0.25) is 4.79 Å². The Bertz CT molecular complexity index is 1290. The summed E-state index contributed by atoms with van der Waals surface area (Å²) in [5.41, 5.74) is 3.01. The van der Waals surface area contributed by atoms with E-state index in [1.165, 1.54) is 21.9 Å². The number of rotatable bonds is 2. The number of nitrogens with zero attached hydrogens (tertiary/aromatic N) is 3. The van der Waals surface area contributed by atoms with Crippen LogP contribution in [0.25, 0.3) is 10.8 Å². The van der Waals surface area contributed by atoms with Crippen molar-refractivity contribution in [3.63, 3.8) is 0 Å². The molecular formula is C28H27N3O2. The molecule has 33 heavy (non-hydrogen) atoms. The molecule has 1 saturated carbocycles. The minimum absolute atomic E-state index is 0.169. The average Bonchev–Trinajstić information content (AvgIpc) is 3.61. The summed E-state index contributed by atoms with van der Waals surface area (Å²) in [5.74, 6) is 1.57. The third-order valence-corrected chi connectivity index (χ3v) is 7.77. The number of fused-ring (bicyclic) bond motifs is 5. The third-order valence-electron chi connectivity index (χ3n) is 7.77. The fraction of sp³-hybridized carbons (Fsp3) is 0.357. The first kappa shape index (κ1) is 19.2. The van der Waals surface area contributed by atoms with Crippen molar-refractivity contribution in [3.05, 3.63) is 77.9 Å². The maximum Gasteiger partial charge on any atom is 0.225 e. The maximum atomic E-state index is 12.6. The van der Waals surface area contributed by atoms with Crippen molar-refractivity contribution in [2.75, 3.05) is 13.1 Å². The molecule has 1 aliphatic carbocycles. The molecule has 3 aromatic carbocycles. The van der Waals surface area contributed by atoms with Crippen molar-refractivity contribution in [2.45, 2.75) is 43.9 Å². The summed E-state index contributed by atoms with van der Waals surface area (Å²) >= 11 is 0. The first-order chi connectivity index (χ1) is 16.2. The Labute approximate surface area is 193 Å². The van der Waals surface area contributed by atoms with E-state index in [9.17, 15) is 4.79 Å². The Morgan fingerprint density at radius 1 is 0.939 bits per heavy atom. The van der Waals surface area contributed by atoms with Crippen LogP contribution in [-0.2, 0) is 4.79 Å². The molecule has 0 N–H and O–H groups in total.